The number of carbonyl (C=O) groups is 2. The normalized spacial score (nSPS) is 16.3. The smallest absolute Gasteiger partial charge is 0.321 e. The van der Waals surface area contributed by atoms with Crippen molar-refractivity contribution in [1.29, 1.82) is 0 Å². The molecular weight excluding hydrogens is 367 g/mol. The van der Waals surface area contributed by atoms with Gasteiger partial charge in [-0.25, -0.2) is 9.18 Å². The summed E-state index contributed by atoms with van der Waals surface area (Å²) >= 11 is 9.02. The number of nitrogens with one attached hydrogen (secondary N) is 1. The van der Waals surface area contributed by atoms with Crippen LogP contribution in [0.1, 0.15) is 6.92 Å². The van der Waals surface area contributed by atoms with E-state index in [0.29, 0.717) is 17.6 Å². The lowest BCUT2D eigenvalue weighted by Gasteiger charge is -2.41. The van der Waals surface area contributed by atoms with Crippen LogP contribution in [0.4, 0.5) is 14.9 Å². The lowest BCUT2D eigenvalue weighted by atomic mass is 9.87. The minimum absolute atomic E-state index is 0.0552. The summed E-state index contributed by atoms with van der Waals surface area (Å²) in [5.41, 5.74) is 0.290. The van der Waals surface area contributed by atoms with Crippen LogP contribution in [-0.2, 0) is 4.79 Å². The van der Waals surface area contributed by atoms with Gasteiger partial charge in [0.05, 0.1) is 16.6 Å². The van der Waals surface area contributed by atoms with Crippen molar-refractivity contribution in [3.05, 3.63) is 27.4 Å². The Morgan fingerprint density at radius 2 is 2.14 bits per heavy atom. The molecule has 114 valence electrons. The fourth-order valence-corrected chi connectivity index (χ4v) is 2.94. The average molecular weight is 380 g/mol. The Labute approximate surface area is 134 Å². The Bertz CT molecular complexity index is 570. The molecule has 1 fully saturated rings. The molecule has 0 saturated carbocycles. The van der Waals surface area contributed by atoms with Crippen LogP contribution >= 0.6 is 27.5 Å². The molecule has 2 amide bonds. The summed E-state index contributed by atoms with van der Waals surface area (Å²) in [5, 5.41) is 11.6. The number of nitrogens with zero attached hydrogens (tertiary/aromatic N) is 1. The molecule has 1 aliphatic rings. The van der Waals surface area contributed by atoms with Gasteiger partial charge in [-0.15, -0.1) is 0 Å². The van der Waals surface area contributed by atoms with E-state index >= 15 is 0 Å². The van der Waals surface area contributed by atoms with Crippen molar-refractivity contribution < 1.29 is 19.1 Å². The van der Waals surface area contributed by atoms with Crippen LogP contribution in [0.3, 0.4) is 0 Å². The molecule has 1 aliphatic heterocycles. The highest BCUT2D eigenvalue weighted by atomic mass is 79.9. The van der Waals surface area contributed by atoms with Crippen LogP contribution in [0, 0.1) is 17.7 Å². The fraction of sp³-hybridized carbons (Fsp3) is 0.385. The van der Waals surface area contributed by atoms with Crippen molar-refractivity contribution in [1.82, 2.24) is 4.90 Å². The second-order valence-corrected chi connectivity index (χ2v) is 6.23. The lowest BCUT2D eigenvalue weighted by molar-refractivity contribution is -0.144. The molecule has 1 heterocycles. The first-order chi connectivity index (χ1) is 9.79. The number of amides is 2. The first-order valence-electron chi connectivity index (χ1n) is 6.23. The van der Waals surface area contributed by atoms with Crippen molar-refractivity contribution in [2.24, 2.45) is 11.8 Å². The number of carboxylic acids is 1. The van der Waals surface area contributed by atoms with Gasteiger partial charge in [-0.3, -0.25) is 4.79 Å². The Morgan fingerprint density at radius 3 is 2.67 bits per heavy atom. The van der Waals surface area contributed by atoms with Gasteiger partial charge in [0, 0.05) is 23.5 Å². The minimum Gasteiger partial charge on any atom is -0.481 e. The monoisotopic (exact) mass is 378 g/mol. The maximum absolute atomic E-state index is 13.1. The summed E-state index contributed by atoms with van der Waals surface area (Å²) in [6.07, 6.45) is 0. The third kappa shape index (κ3) is 3.47. The number of urea groups is 1. The van der Waals surface area contributed by atoms with Crippen LogP contribution in [0.25, 0.3) is 0 Å². The molecule has 1 unspecified atom stereocenters. The molecule has 0 aromatic heterocycles. The highest BCUT2D eigenvalue weighted by Gasteiger charge is 2.37. The summed E-state index contributed by atoms with van der Waals surface area (Å²) in [7, 11) is 0. The SMILES string of the molecule is CC(C(=O)O)C1CN(C(=O)Nc2c(Cl)cc(F)cc2Br)C1. The number of anilines is 1. The Hall–Kier alpha value is -1.34. The molecule has 0 spiro atoms. The number of rotatable bonds is 3. The molecule has 0 radical (unpaired) electrons. The largest absolute Gasteiger partial charge is 0.481 e. The average Bonchev–Trinajstić information content (AvgIpc) is 2.31. The molecule has 1 aromatic carbocycles. The first kappa shape index (κ1) is 16.0. The molecule has 2 rings (SSSR count). The zero-order chi connectivity index (χ0) is 15.7. The lowest BCUT2D eigenvalue weighted by Crippen LogP contribution is -2.54. The Kier molecular flexibility index (Phi) is 4.73. The topological polar surface area (TPSA) is 69.6 Å². The molecule has 2 N–H and O–H groups in total. The van der Waals surface area contributed by atoms with Crippen molar-refractivity contribution in [2.75, 3.05) is 18.4 Å². The van der Waals surface area contributed by atoms with Crippen LogP contribution < -0.4 is 5.32 Å². The summed E-state index contributed by atoms with van der Waals surface area (Å²) in [6, 6.07) is 1.92. The Morgan fingerprint density at radius 1 is 1.52 bits per heavy atom. The number of hydrogen-bond acceptors (Lipinski definition) is 2. The highest BCUT2D eigenvalue weighted by molar-refractivity contribution is 9.10. The zero-order valence-corrected chi connectivity index (χ0v) is 13.4. The summed E-state index contributed by atoms with van der Waals surface area (Å²) in [4.78, 5) is 24.3. The summed E-state index contributed by atoms with van der Waals surface area (Å²) in [5.74, 6) is -1.93. The van der Waals surface area contributed by atoms with Crippen molar-refractivity contribution in [3.8, 4) is 0 Å². The molecule has 5 nitrogen and oxygen atoms in total. The van der Waals surface area contributed by atoms with Crippen molar-refractivity contribution >= 4 is 45.2 Å². The van der Waals surface area contributed by atoms with Gasteiger partial charge in [0.15, 0.2) is 0 Å². The maximum Gasteiger partial charge on any atom is 0.321 e. The van der Waals surface area contributed by atoms with Crippen LogP contribution in [0.2, 0.25) is 5.02 Å². The summed E-state index contributed by atoms with van der Waals surface area (Å²) < 4.78 is 13.4. The van der Waals surface area contributed by atoms with Crippen LogP contribution in [-0.4, -0.2) is 35.1 Å². The van der Waals surface area contributed by atoms with Crippen LogP contribution in [0.15, 0.2) is 16.6 Å². The minimum atomic E-state index is -0.871. The van der Waals surface area contributed by atoms with Gasteiger partial charge in [0.1, 0.15) is 5.82 Å². The van der Waals surface area contributed by atoms with E-state index in [1.54, 1.807) is 6.92 Å². The number of benzene rings is 1. The third-order valence-electron chi connectivity index (χ3n) is 3.53. The predicted molar refractivity (Wildman–Crippen MR) is 80.0 cm³/mol. The number of hydrogen-bond donors (Lipinski definition) is 2. The molecule has 0 bridgehead atoms. The molecule has 0 aliphatic carbocycles. The quantitative estimate of drug-likeness (QED) is 0.845. The van der Waals surface area contributed by atoms with E-state index in [1.165, 1.54) is 11.0 Å². The van der Waals surface area contributed by atoms with E-state index in [-0.39, 0.29) is 16.6 Å². The molecular formula is C13H13BrClFN2O3. The molecule has 1 aromatic rings. The Balaban J connectivity index is 1.97. The second-order valence-electron chi connectivity index (χ2n) is 4.97. The van der Waals surface area contributed by atoms with Crippen LogP contribution in [0.5, 0.6) is 0 Å². The molecule has 1 saturated heterocycles. The zero-order valence-electron chi connectivity index (χ0n) is 11.1. The van der Waals surface area contributed by atoms with Crippen molar-refractivity contribution in [3.63, 3.8) is 0 Å². The van der Waals surface area contributed by atoms with Gasteiger partial charge >= 0.3 is 12.0 Å². The molecule has 1 atom stereocenters. The first-order valence-corrected chi connectivity index (χ1v) is 7.40. The standard InChI is InChI=1S/C13H13BrClFN2O3/c1-6(12(19)20)7-4-18(5-7)13(21)17-11-9(14)2-8(16)3-10(11)15/h2-3,6-7H,4-5H2,1H3,(H,17,21)(H,19,20). The predicted octanol–water partition coefficient (Wildman–Crippen LogP) is 3.43. The number of likely N-dealkylation sites (tertiary alicyclic amines) is 1. The highest BCUT2D eigenvalue weighted by Crippen LogP contribution is 2.33. The van der Waals surface area contributed by atoms with E-state index in [4.69, 9.17) is 16.7 Å². The van der Waals surface area contributed by atoms with Gasteiger partial charge in [-0.2, -0.15) is 0 Å². The number of carboxylic acid groups (broad SMARTS) is 1. The van der Waals surface area contributed by atoms with E-state index in [2.05, 4.69) is 21.2 Å². The molecule has 21 heavy (non-hydrogen) atoms. The fourth-order valence-electron chi connectivity index (χ4n) is 2.04. The number of carbonyl (C=O) groups excluding carboxylic acids is 1. The number of halogens is 3. The van der Waals surface area contributed by atoms with E-state index in [9.17, 15) is 14.0 Å². The maximum atomic E-state index is 13.1. The van der Waals surface area contributed by atoms with Gasteiger partial charge in [0.2, 0.25) is 0 Å². The van der Waals surface area contributed by atoms with Gasteiger partial charge in [-0.05, 0) is 28.1 Å². The van der Waals surface area contributed by atoms with E-state index in [1.807, 2.05) is 0 Å². The van der Waals surface area contributed by atoms with Gasteiger partial charge in [0.25, 0.3) is 0 Å². The van der Waals surface area contributed by atoms with Gasteiger partial charge in [-0.1, -0.05) is 18.5 Å². The van der Waals surface area contributed by atoms with E-state index < -0.39 is 23.7 Å². The third-order valence-corrected chi connectivity index (χ3v) is 4.46. The number of aliphatic carboxylic acids is 1. The van der Waals surface area contributed by atoms with Gasteiger partial charge < -0.3 is 15.3 Å². The van der Waals surface area contributed by atoms with Crippen molar-refractivity contribution in [2.45, 2.75) is 6.92 Å². The molecule has 8 heteroatoms. The van der Waals surface area contributed by atoms with E-state index in [0.717, 1.165) is 6.07 Å². The second kappa shape index (κ2) is 6.19. The summed E-state index contributed by atoms with van der Waals surface area (Å²) in [6.45, 7) is 2.36.